The molecule has 3 rings (SSSR count). The van der Waals surface area contributed by atoms with E-state index in [9.17, 15) is 18.0 Å². The second-order valence-corrected chi connectivity index (χ2v) is 8.86. The fraction of sp³-hybridized carbons (Fsp3) is 0.647. The molecule has 1 saturated heterocycles. The molecule has 1 atom stereocenters. The van der Waals surface area contributed by atoms with Gasteiger partial charge < -0.3 is 9.88 Å². The van der Waals surface area contributed by atoms with E-state index in [0.29, 0.717) is 19.5 Å². The minimum Gasteiger partial charge on any atom is -0.338 e. The van der Waals surface area contributed by atoms with Crippen LogP contribution in [-0.2, 0) is 10.0 Å². The predicted molar refractivity (Wildman–Crippen MR) is 94.9 cm³/mol. The van der Waals surface area contributed by atoms with Gasteiger partial charge in [0, 0.05) is 31.4 Å². The van der Waals surface area contributed by atoms with Crippen molar-refractivity contribution in [1.82, 2.24) is 14.2 Å². The first-order valence-corrected chi connectivity index (χ1v) is 10.7. The van der Waals surface area contributed by atoms with Gasteiger partial charge in [-0.05, 0) is 44.2 Å². The van der Waals surface area contributed by atoms with Gasteiger partial charge in [0.1, 0.15) is 5.56 Å². The molecule has 0 unspecified atom stereocenters. The van der Waals surface area contributed by atoms with E-state index in [0.717, 1.165) is 32.1 Å². The van der Waals surface area contributed by atoms with Crippen molar-refractivity contribution in [2.45, 2.75) is 50.6 Å². The molecule has 1 saturated carbocycles. The van der Waals surface area contributed by atoms with Gasteiger partial charge in [-0.15, -0.1) is 0 Å². The van der Waals surface area contributed by atoms with Gasteiger partial charge >= 0.3 is 0 Å². The van der Waals surface area contributed by atoms with Gasteiger partial charge in [0.2, 0.25) is 10.0 Å². The minimum atomic E-state index is -3.26. The van der Waals surface area contributed by atoms with Crippen molar-refractivity contribution >= 4 is 15.9 Å². The first-order chi connectivity index (χ1) is 11.9. The monoisotopic (exact) mass is 367 g/mol. The van der Waals surface area contributed by atoms with E-state index in [-0.39, 0.29) is 29.1 Å². The SMILES string of the molecule is CS(=O)(=O)N(C1CCC1)[C@H]1CCCN(C(=O)c2ccc[nH]c2=O)CC1. The Balaban J connectivity index is 1.72. The molecule has 1 aliphatic heterocycles. The molecular formula is C17H25N3O4S. The van der Waals surface area contributed by atoms with Crippen molar-refractivity contribution < 1.29 is 13.2 Å². The van der Waals surface area contributed by atoms with E-state index in [4.69, 9.17) is 0 Å². The molecule has 2 heterocycles. The van der Waals surface area contributed by atoms with Crippen molar-refractivity contribution in [3.8, 4) is 0 Å². The van der Waals surface area contributed by atoms with E-state index in [1.165, 1.54) is 18.5 Å². The lowest BCUT2D eigenvalue weighted by atomic mass is 9.91. The summed E-state index contributed by atoms with van der Waals surface area (Å²) in [6.45, 7) is 1.02. The summed E-state index contributed by atoms with van der Waals surface area (Å²) < 4.78 is 26.2. The molecule has 1 aromatic rings. The Kier molecular flexibility index (Phi) is 5.29. The predicted octanol–water partition coefficient (Wildman–Crippen LogP) is 1.18. The first kappa shape index (κ1) is 18.1. The highest BCUT2D eigenvalue weighted by molar-refractivity contribution is 7.88. The number of likely N-dealkylation sites (tertiary alicyclic amines) is 1. The quantitative estimate of drug-likeness (QED) is 0.865. The summed E-state index contributed by atoms with van der Waals surface area (Å²) in [5, 5.41) is 0. The summed E-state index contributed by atoms with van der Waals surface area (Å²) in [5.74, 6) is -0.281. The molecule has 2 fully saturated rings. The largest absolute Gasteiger partial charge is 0.338 e. The number of pyridine rings is 1. The van der Waals surface area contributed by atoms with Crippen LogP contribution in [0.15, 0.2) is 23.1 Å². The number of aromatic amines is 1. The lowest BCUT2D eigenvalue weighted by molar-refractivity contribution is 0.0755. The van der Waals surface area contributed by atoms with Crippen LogP contribution < -0.4 is 5.56 Å². The number of amides is 1. The normalized spacial score (nSPS) is 22.5. The van der Waals surface area contributed by atoms with Gasteiger partial charge in [0.15, 0.2) is 0 Å². The highest BCUT2D eigenvalue weighted by atomic mass is 32.2. The van der Waals surface area contributed by atoms with Gasteiger partial charge in [0.25, 0.3) is 11.5 Å². The minimum absolute atomic E-state index is 0.0628. The van der Waals surface area contributed by atoms with Crippen LogP contribution in [0.5, 0.6) is 0 Å². The molecule has 2 aliphatic rings. The van der Waals surface area contributed by atoms with E-state index in [1.807, 2.05) is 0 Å². The molecule has 0 spiro atoms. The smallest absolute Gasteiger partial charge is 0.260 e. The Morgan fingerprint density at radius 3 is 2.44 bits per heavy atom. The van der Waals surface area contributed by atoms with Crippen molar-refractivity contribution in [2.75, 3.05) is 19.3 Å². The van der Waals surface area contributed by atoms with E-state index >= 15 is 0 Å². The molecule has 25 heavy (non-hydrogen) atoms. The zero-order valence-corrected chi connectivity index (χ0v) is 15.3. The Morgan fingerprint density at radius 2 is 1.84 bits per heavy atom. The van der Waals surface area contributed by atoms with E-state index < -0.39 is 10.0 Å². The van der Waals surface area contributed by atoms with Crippen LogP contribution in [0.1, 0.15) is 48.9 Å². The lowest BCUT2D eigenvalue weighted by Gasteiger charge is -2.40. The number of nitrogens with zero attached hydrogens (tertiary/aromatic N) is 2. The average molecular weight is 367 g/mol. The number of hydrogen-bond acceptors (Lipinski definition) is 4. The molecule has 0 bridgehead atoms. The fourth-order valence-corrected chi connectivity index (χ4v) is 5.28. The van der Waals surface area contributed by atoms with Crippen molar-refractivity contribution in [3.05, 3.63) is 34.2 Å². The topological polar surface area (TPSA) is 90.6 Å². The number of rotatable bonds is 4. The van der Waals surface area contributed by atoms with Crippen LogP contribution >= 0.6 is 0 Å². The Bertz CT molecular complexity index is 785. The standard InChI is InChI=1S/C17H25N3O4S/c1-25(23,24)20(13-5-2-6-13)14-7-4-11-19(12-9-14)17(22)15-8-3-10-18-16(15)21/h3,8,10,13-14H,2,4-7,9,11-12H2,1H3,(H,18,21)/t14-/m0/s1. The number of carbonyl (C=O) groups excluding carboxylic acids is 1. The molecule has 1 aliphatic carbocycles. The van der Waals surface area contributed by atoms with Crippen LogP contribution in [0.2, 0.25) is 0 Å². The number of carbonyl (C=O) groups is 1. The second-order valence-electron chi connectivity index (χ2n) is 6.97. The summed E-state index contributed by atoms with van der Waals surface area (Å²) in [4.78, 5) is 28.7. The number of H-pyrrole nitrogens is 1. The summed E-state index contributed by atoms with van der Waals surface area (Å²) in [6, 6.07) is 3.21. The molecule has 7 nitrogen and oxygen atoms in total. The highest BCUT2D eigenvalue weighted by Gasteiger charge is 2.37. The maximum atomic E-state index is 12.6. The number of hydrogen-bond donors (Lipinski definition) is 1. The molecule has 8 heteroatoms. The fourth-order valence-electron chi connectivity index (χ4n) is 3.78. The van der Waals surface area contributed by atoms with Gasteiger partial charge in [-0.25, -0.2) is 8.42 Å². The van der Waals surface area contributed by atoms with Crippen LogP contribution in [0, 0.1) is 0 Å². The third-order valence-corrected chi connectivity index (χ3v) is 6.57. The van der Waals surface area contributed by atoms with Crippen molar-refractivity contribution in [2.24, 2.45) is 0 Å². The molecule has 1 aromatic heterocycles. The highest BCUT2D eigenvalue weighted by Crippen LogP contribution is 2.32. The zero-order valence-electron chi connectivity index (χ0n) is 14.5. The number of aromatic nitrogens is 1. The van der Waals surface area contributed by atoms with E-state index in [2.05, 4.69) is 4.98 Å². The van der Waals surface area contributed by atoms with Crippen LogP contribution in [0.4, 0.5) is 0 Å². The number of nitrogens with one attached hydrogen (secondary N) is 1. The number of sulfonamides is 1. The summed E-state index contributed by atoms with van der Waals surface area (Å²) in [6.07, 6.45) is 7.79. The molecule has 138 valence electrons. The molecule has 0 radical (unpaired) electrons. The summed E-state index contributed by atoms with van der Waals surface area (Å²) in [5.41, 5.74) is -0.250. The summed E-state index contributed by atoms with van der Waals surface area (Å²) in [7, 11) is -3.26. The average Bonchev–Trinajstić information content (AvgIpc) is 2.75. The molecular weight excluding hydrogens is 342 g/mol. The third-order valence-electron chi connectivity index (χ3n) is 5.21. The molecule has 1 N–H and O–H groups in total. The van der Waals surface area contributed by atoms with Gasteiger partial charge in [-0.1, -0.05) is 6.42 Å². The van der Waals surface area contributed by atoms with Crippen molar-refractivity contribution in [1.29, 1.82) is 0 Å². The third kappa shape index (κ3) is 3.95. The maximum absolute atomic E-state index is 12.6. The van der Waals surface area contributed by atoms with Crippen LogP contribution in [0.3, 0.4) is 0 Å². The lowest BCUT2D eigenvalue weighted by Crippen LogP contribution is -2.50. The van der Waals surface area contributed by atoms with E-state index in [1.54, 1.807) is 15.3 Å². The van der Waals surface area contributed by atoms with Crippen LogP contribution in [-0.4, -0.2) is 59.9 Å². The summed E-state index contributed by atoms with van der Waals surface area (Å²) >= 11 is 0. The Hall–Kier alpha value is -1.67. The van der Waals surface area contributed by atoms with Gasteiger partial charge in [0.05, 0.1) is 6.26 Å². The Labute approximate surface area is 148 Å². The van der Waals surface area contributed by atoms with Gasteiger partial charge in [-0.2, -0.15) is 4.31 Å². The Morgan fingerprint density at radius 1 is 1.16 bits per heavy atom. The zero-order chi connectivity index (χ0) is 18.0. The first-order valence-electron chi connectivity index (χ1n) is 8.83. The molecule has 1 amide bonds. The van der Waals surface area contributed by atoms with Gasteiger partial charge in [-0.3, -0.25) is 9.59 Å². The second kappa shape index (κ2) is 7.29. The molecule has 0 aromatic carbocycles. The van der Waals surface area contributed by atoms with Crippen molar-refractivity contribution in [3.63, 3.8) is 0 Å². The van der Waals surface area contributed by atoms with Crippen LogP contribution in [0.25, 0.3) is 0 Å². The maximum Gasteiger partial charge on any atom is 0.260 e.